The summed E-state index contributed by atoms with van der Waals surface area (Å²) >= 11 is 0. The summed E-state index contributed by atoms with van der Waals surface area (Å²) in [6.45, 7) is 11.3. The average molecular weight is 332 g/mol. The van der Waals surface area contributed by atoms with E-state index >= 15 is 0 Å². The molecule has 0 aliphatic rings. The lowest BCUT2D eigenvalue weighted by Crippen LogP contribution is -2.28. The quantitative estimate of drug-likeness (QED) is 0.583. The zero-order chi connectivity index (χ0) is 18.3. The van der Waals surface area contributed by atoms with E-state index in [-0.39, 0.29) is 5.92 Å². The first kappa shape index (κ1) is 20.5. The molecule has 0 saturated carbocycles. The van der Waals surface area contributed by atoms with Gasteiger partial charge in [0.2, 0.25) is 0 Å². The van der Waals surface area contributed by atoms with Crippen molar-refractivity contribution in [2.75, 3.05) is 0 Å². The molecule has 24 heavy (non-hydrogen) atoms. The van der Waals surface area contributed by atoms with Crippen LogP contribution < -0.4 is 0 Å². The van der Waals surface area contributed by atoms with Crippen molar-refractivity contribution in [3.8, 4) is 5.75 Å². The molecule has 0 aromatic heterocycles. The predicted molar refractivity (Wildman–Crippen MR) is 101 cm³/mol. The summed E-state index contributed by atoms with van der Waals surface area (Å²) in [6, 6.07) is 3.97. The number of hydrogen-bond donors (Lipinski definition) is 3. The Morgan fingerprint density at radius 2 is 1.75 bits per heavy atom. The van der Waals surface area contributed by atoms with Crippen molar-refractivity contribution in [1.82, 2.24) is 0 Å². The van der Waals surface area contributed by atoms with Crippen molar-refractivity contribution in [3.05, 3.63) is 47.1 Å². The molecule has 0 radical (unpaired) electrons. The maximum atomic E-state index is 10.3. The zero-order valence-corrected chi connectivity index (χ0v) is 15.4. The van der Waals surface area contributed by atoms with E-state index in [1.165, 1.54) is 5.57 Å². The van der Waals surface area contributed by atoms with Crippen LogP contribution in [0.4, 0.5) is 0 Å². The van der Waals surface area contributed by atoms with Crippen molar-refractivity contribution in [2.24, 2.45) is 5.92 Å². The SMILES string of the molecule is C=C[C@H]([C@H](O)CC/C(=C/c1cc(C)c(O)c(C)c1)CCC)[C@@H](C)O. The topological polar surface area (TPSA) is 60.7 Å². The van der Waals surface area contributed by atoms with Crippen molar-refractivity contribution >= 4 is 6.08 Å². The summed E-state index contributed by atoms with van der Waals surface area (Å²) in [5.74, 6) is 0.0522. The van der Waals surface area contributed by atoms with Gasteiger partial charge in [-0.15, -0.1) is 6.58 Å². The van der Waals surface area contributed by atoms with Crippen LogP contribution in [0.25, 0.3) is 6.08 Å². The fourth-order valence-electron chi connectivity index (χ4n) is 3.10. The normalized spacial score (nSPS) is 15.8. The molecule has 1 aromatic rings. The van der Waals surface area contributed by atoms with Crippen LogP contribution in [0, 0.1) is 19.8 Å². The Bertz CT molecular complexity index is 549. The van der Waals surface area contributed by atoms with Gasteiger partial charge >= 0.3 is 0 Å². The Morgan fingerprint density at radius 1 is 1.17 bits per heavy atom. The third-order valence-electron chi connectivity index (χ3n) is 4.49. The third-order valence-corrected chi connectivity index (χ3v) is 4.49. The average Bonchev–Trinajstić information content (AvgIpc) is 2.50. The molecule has 0 heterocycles. The second kappa shape index (κ2) is 9.65. The third kappa shape index (κ3) is 5.81. The monoisotopic (exact) mass is 332 g/mol. The highest BCUT2D eigenvalue weighted by Gasteiger charge is 2.20. The minimum absolute atomic E-state index is 0.300. The van der Waals surface area contributed by atoms with E-state index in [9.17, 15) is 15.3 Å². The Morgan fingerprint density at radius 3 is 2.21 bits per heavy atom. The van der Waals surface area contributed by atoms with E-state index in [0.29, 0.717) is 12.2 Å². The lowest BCUT2D eigenvalue weighted by Gasteiger charge is -2.22. The molecule has 3 nitrogen and oxygen atoms in total. The summed E-state index contributed by atoms with van der Waals surface area (Å²) in [4.78, 5) is 0. The van der Waals surface area contributed by atoms with Crippen LogP contribution in [0.3, 0.4) is 0 Å². The standard InChI is InChI=1S/C21H32O3/c1-6-8-17(9-10-20(23)19(7-2)16(5)22)13-18-11-14(3)21(24)15(4)12-18/h7,11-13,16,19-20,22-24H,2,6,8-10H2,1,3-5H3/b17-13+/t16-,19+,20-/m1/s1. The fraction of sp³-hybridized carbons (Fsp3) is 0.524. The molecule has 0 amide bonds. The van der Waals surface area contributed by atoms with Gasteiger partial charge in [-0.3, -0.25) is 0 Å². The molecule has 3 N–H and O–H groups in total. The van der Waals surface area contributed by atoms with Crippen molar-refractivity contribution < 1.29 is 15.3 Å². The van der Waals surface area contributed by atoms with Crippen LogP contribution in [0.5, 0.6) is 5.75 Å². The minimum Gasteiger partial charge on any atom is -0.507 e. The van der Waals surface area contributed by atoms with Gasteiger partial charge in [0.05, 0.1) is 12.2 Å². The molecule has 3 atom stereocenters. The molecule has 0 unspecified atom stereocenters. The van der Waals surface area contributed by atoms with E-state index in [2.05, 4.69) is 19.6 Å². The predicted octanol–water partition coefficient (Wildman–Crippen LogP) is 4.52. The molecule has 0 aliphatic carbocycles. The summed E-state index contributed by atoms with van der Waals surface area (Å²) < 4.78 is 0. The first-order valence-electron chi connectivity index (χ1n) is 8.78. The Labute approximate surface area is 146 Å². The molecule has 0 saturated heterocycles. The molecular weight excluding hydrogens is 300 g/mol. The van der Waals surface area contributed by atoms with Gasteiger partial charge < -0.3 is 15.3 Å². The highest BCUT2D eigenvalue weighted by Crippen LogP contribution is 2.26. The zero-order valence-electron chi connectivity index (χ0n) is 15.4. The lowest BCUT2D eigenvalue weighted by atomic mass is 9.91. The molecule has 0 spiro atoms. The highest BCUT2D eigenvalue weighted by molar-refractivity contribution is 5.58. The van der Waals surface area contributed by atoms with E-state index in [1.807, 2.05) is 26.0 Å². The number of aryl methyl sites for hydroxylation is 2. The van der Waals surface area contributed by atoms with Crippen LogP contribution >= 0.6 is 0 Å². The number of phenolic OH excluding ortho intramolecular Hbond substituents is 1. The molecule has 0 aliphatic heterocycles. The largest absolute Gasteiger partial charge is 0.507 e. The second-order valence-electron chi connectivity index (χ2n) is 6.72. The minimum atomic E-state index is -0.599. The lowest BCUT2D eigenvalue weighted by molar-refractivity contribution is 0.0421. The van der Waals surface area contributed by atoms with Crippen LogP contribution in [0.2, 0.25) is 0 Å². The Kier molecular flexibility index (Phi) is 8.23. The maximum absolute atomic E-state index is 10.3. The van der Waals surface area contributed by atoms with E-state index in [0.717, 1.165) is 36.0 Å². The molecule has 3 heteroatoms. The number of aromatic hydroxyl groups is 1. The molecule has 0 bridgehead atoms. The summed E-state index contributed by atoms with van der Waals surface area (Å²) in [7, 11) is 0. The molecular formula is C21H32O3. The number of phenols is 1. The molecule has 134 valence electrons. The summed E-state index contributed by atoms with van der Waals surface area (Å²) in [5, 5.41) is 29.9. The van der Waals surface area contributed by atoms with Crippen molar-refractivity contribution in [1.29, 1.82) is 0 Å². The van der Waals surface area contributed by atoms with Gasteiger partial charge in [0.25, 0.3) is 0 Å². The number of rotatable bonds is 9. The Balaban J connectivity index is 2.89. The molecule has 1 aromatic carbocycles. The number of aliphatic hydroxyl groups is 2. The Hall–Kier alpha value is -1.58. The smallest absolute Gasteiger partial charge is 0.121 e. The molecule has 1 rings (SSSR count). The van der Waals surface area contributed by atoms with Gasteiger partial charge in [-0.1, -0.05) is 31.1 Å². The first-order valence-corrected chi connectivity index (χ1v) is 8.78. The van der Waals surface area contributed by atoms with E-state index in [4.69, 9.17) is 0 Å². The fourth-order valence-corrected chi connectivity index (χ4v) is 3.10. The van der Waals surface area contributed by atoms with Gasteiger partial charge in [-0.25, -0.2) is 0 Å². The van der Waals surface area contributed by atoms with Gasteiger partial charge in [0.1, 0.15) is 5.75 Å². The van der Waals surface area contributed by atoms with Crippen LogP contribution in [-0.2, 0) is 0 Å². The molecule has 0 fully saturated rings. The second-order valence-corrected chi connectivity index (χ2v) is 6.72. The van der Waals surface area contributed by atoms with E-state index < -0.39 is 12.2 Å². The van der Waals surface area contributed by atoms with Gasteiger partial charge in [-0.05, 0) is 68.9 Å². The maximum Gasteiger partial charge on any atom is 0.121 e. The van der Waals surface area contributed by atoms with Gasteiger partial charge in [-0.2, -0.15) is 0 Å². The number of benzene rings is 1. The highest BCUT2D eigenvalue weighted by atomic mass is 16.3. The van der Waals surface area contributed by atoms with E-state index in [1.54, 1.807) is 13.0 Å². The van der Waals surface area contributed by atoms with Gasteiger partial charge in [0.15, 0.2) is 0 Å². The summed E-state index contributed by atoms with van der Waals surface area (Å²) in [5.41, 5.74) is 4.10. The summed E-state index contributed by atoms with van der Waals surface area (Å²) in [6.07, 6.45) is 5.99. The van der Waals surface area contributed by atoms with Crippen LogP contribution in [-0.4, -0.2) is 27.5 Å². The first-order chi connectivity index (χ1) is 11.3. The number of hydrogen-bond acceptors (Lipinski definition) is 3. The van der Waals surface area contributed by atoms with Crippen molar-refractivity contribution in [3.63, 3.8) is 0 Å². The van der Waals surface area contributed by atoms with Crippen LogP contribution in [0.1, 0.15) is 56.2 Å². The number of aliphatic hydroxyl groups excluding tert-OH is 2. The van der Waals surface area contributed by atoms with Gasteiger partial charge in [0, 0.05) is 5.92 Å². The van der Waals surface area contributed by atoms with Crippen LogP contribution in [0.15, 0.2) is 30.4 Å². The van der Waals surface area contributed by atoms with Crippen molar-refractivity contribution in [2.45, 2.75) is 65.6 Å². The number of allylic oxidation sites excluding steroid dienone is 1.